The van der Waals surface area contributed by atoms with Crippen molar-refractivity contribution in [3.8, 4) is 0 Å². The smallest absolute Gasteiger partial charge is 0.0540 e. The van der Waals surface area contributed by atoms with Gasteiger partial charge in [-0.05, 0) is 25.2 Å². The van der Waals surface area contributed by atoms with Crippen LogP contribution in [0.4, 0.5) is 0 Å². The second-order valence-electron chi connectivity index (χ2n) is 3.63. The van der Waals surface area contributed by atoms with Gasteiger partial charge in [0.15, 0.2) is 0 Å². The Hall–Kier alpha value is -0.300. The predicted molar refractivity (Wildman–Crippen MR) is 49.4 cm³/mol. The Kier molecular flexibility index (Phi) is 5.22. The maximum Gasteiger partial charge on any atom is 0.0540 e. The highest BCUT2D eigenvalue weighted by Crippen LogP contribution is 2.08. The van der Waals surface area contributed by atoms with Crippen LogP contribution in [-0.4, -0.2) is 11.2 Å². The standard InChI is InChI=1S/C10H20O/c1-8(2)6-5-7-9(3)10(4)11/h5-6,8-11H,7H2,1-4H3. The number of allylic oxidation sites excluding steroid dienone is 2. The van der Waals surface area contributed by atoms with E-state index in [1.807, 2.05) is 6.92 Å². The molecule has 0 radical (unpaired) electrons. The zero-order chi connectivity index (χ0) is 8.85. The molecule has 0 aliphatic carbocycles. The van der Waals surface area contributed by atoms with Crippen molar-refractivity contribution in [2.45, 2.75) is 40.2 Å². The maximum atomic E-state index is 9.15. The fourth-order valence-electron chi connectivity index (χ4n) is 0.762. The van der Waals surface area contributed by atoms with Gasteiger partial charge in [0.05, 0.1) is 6.10 Å². The molecule has 0 saturated heterocycles. The van der Waals surface area contributed by atoms with E-state index in [2.05, 4.69) is 32.9 Å². The van der Waals surface area contributed by atoms with Crippen LogP contribution in [0, 0.1) is 11.8 Å². The van der Waals surface area contributed by atoms with Gasteiger partial charge in [-0.2, -0.15) is 0 Å². The third kappa shape index (κ3) is 6.11. The van der Waals surface area contributed by atoms with Crippen LogP contribution in [0.25, 0.3) is 0 Å². The quantitative estimate of drug-likeness (QED) is 0.620. The van der Waals surface area contributed by atoms with Crippen LogP contribution in [-0.2, 0) is 0 Å². The van der Waals surface area contributed by atoms with Gasteiger partial charge >= 0.3 is 0 Å². The molecule has 1 N–H and O–H groups in total. The fourth-order valence-corrected chi connectivity index (χ4v) is 0.762. The van der Waals surface area contributed by atoms with Crippen molar-refractivity contribution in [2.24, 2.45) is 11.8 Å². The average molecular weight is 156 g/mol. The van der Waals surface area contributed by atoms with Gasteiger partial charge in [-0.25, -0.2) is 0 Å². The van der Waals surface area contributed by atoms with Crippen molar-refractivity contribution in [1.29, 1.82) is 0 Å². The summed E-state index contributed by atoms with van der Waals surface area (Å²) in [5, 5.41) is 9.15. The molecule has 66 valence electrons. The van der Waals surface area contributed by atoms with Gasteiger partial charge in [-0.3, -0.25) is 0 Å². The number of hydrogen-bond donors (Lipinski definition) is 1. The second-order valence-corrected chi connectivity index (χ2v) is 3.63. The van der Waals surface area contributed by atoms with Crippen molar-refractivity contribution in [3.05, 3.63) is 12.2 Å². The first-order valence-corrected chi connectivity index (χ1v) is 4.38. The number of rotatable bonds is 4. The van der Waals surface area contributed by atoms with E-state index in [1.54, 1.807) is 0 Å². The SMILES string of the molecule is CC(C)C=CCC(C)C(C)O. The summed E-state index contributed by atoms with van der Waals surface area (Å²) in [4.78, 5) is 0. The molecule has 0 amide bonds. The Bertz CT molecular complexity index is 114. The highest BCUT2D eigenvalue weighted by atomic mass is 16.3. The van der Waals surface area contributed by atoms with E-state index in [0.29, 0.717) is 11.8 Å². The maximum absolute atomic E-state index is 9.15. The lowest BCUT2D eigenvalue weighted by Crippen LogP contribution is -2.11. The predicted octanol–water partition coefficient (Wildman–Crippen LogP) is 2.61. The van der Waals surface area contributed by atoms with Crippen LogP contribution in [0.1, 0.15) is 34.1 Å². The summed E-state index contributed by atoms with van der Waals surface area (Å²) in [6.45, 7) is 8.22. The van der Waals surface area contributed by atoms with Crippen LogP contribution in [0.2, 0.25) is 0 Å². The minimum Gasteiger partial charge on any atom is -0.393 e. The van der Waals surface area contributed by atoms with Gasteiger partial charge in [0, 0.05) is 0 Å². The fraction of sp³-hybridized carbons (Fsp3) is 0.800. The average Bonchev–Trinajstić information content (AvgIpc) is 1.86. The highest BCUT2D eigenvalue weighted by molar-refractivity contribution is 4.86. The van der Waals surface area contributed by atoms with Gasteiger partial charge in [0.2, 0.25) is 0 Å². The van der Waals surface area contributed by atoms with E-state index in [-0.39, 0.29) is 6.10 Å². The molecule has 0 aromatic carbocycles. The first-order valence-electron chi connectivity index (χ1n) is 4.38. The lowest BCUT2D eigenvalue weighted by molar-refractivity contribution is 0.136. The molecule has 11 heavy (non-hydrogen) atoms. The van der Waals surface area contributed by atoms with E-state index in [9.17, 15) is 0 Å². The van der Waals surface area contributed by atoms with Crippen LogP contribution < -0.4 is 0 Å². The van der Waals surface area contributed by atoms with Crippen molar-refractivity contribution in [1.82, 2.24) is 0 Å². The molecule has 0 spiro atoms. The summed E-state index contributed by atoms with van der Waals surface area (Å²) in [6, 6.07) is 0. The van der Waals surface area contributed by atoms with E-state index in [1.165, 1.54) is 0 Å². The lowest BCUT2D eigenvalue weighted by Gasteiger charge is -2.11. The second kappa shape index (κ2) is 5.36. The van der Waals surface area contributed by atoms with Crippen molar-refractivity contribution in [2.75, 3.05) is 0 Å². The first-order chi connectivity index (χ1) is 5.04. The largest absolute Gasteiger partial charge is 0.393 e. The Morgan fingerprint density at radius 2 is 1.73 bits per heavy atom. The van der Waals surface area contributed by atoms with Gasteiger partial charge in [-0.1, -0.05) is 32.9 Å². The van der Waals surface area contributed by atoms with Crippen LogP contribution in [0.3, 0.4) is 0 Å². The topological polar surface area (TPSA) is 20.2 Å². The normalized spacial score (nSPS) is 17.6. The van der Waals surface area contributed by atoms with Crippen LogP contribution in [0.5, 0.6) is 0 Å². The van der Waals surface area contributed by atoms with Crippen molar-refractivity contribution < 1.29 is 5.11 Å². The van der Waals surface area contributed by atoms with E-state index in [4.69, 9.17) is 5.11 Å². The van der Waals surface area contributed by atoms with E-state index in [0.717, 1.165) is 6.42 Å². The molecule has 0 rings (SSSR count). The molecular formula is C10H20O. The summed E-state index contributed by atoms with van der Waals surface area (Å²) >= 11 is 0. The van der Waals surface area contributed by atoms with Gasteiger partial charge in [-0.15, -0.1) is 0 Å². The number of aliphatic hydroxyl groups is 1. The third-order valence-electron chi connectivity index (χ3n) is 1.85. The molecule has 0 saturated carbocycles. The molecule has 1 nitrogen and oxygen atoms in total. The summed E-state index contributed by atoms with van der Waals surface area (Å²) in [6.07, 6.45) is 5.13. The number of aliphatic hydroxyl groups excluding tert-OH is 1. The molecule has 0 aromatic heterocycles. The van der Waals surface area contributed by atoms with E-state index >= 15 is 0 Å². The zero-order valence-electron chi connectivity index (χ0n) is 8.04. The molecule has 0 fully saturated rings. The van der Waals surface area contributed by atoms with Crippen LogP contribution in [0.15, 0.2) is 12.2 Å². The Labute approximate surface area is 70.1 Å². The highest BCUT2D eigenvalue weighted by Gasteiger charge is 2.05. The molecular weight excluding hydrogens is 136 g/mol. The zero-order valence-corrected chi connectivity index (χ0v) is 8.04. The molecule has 1 heteroatoms. The van der Waals surface area contributed by atoms with Crippen LogP contribution >= 0.6 is 0 Å². The molecule has 0 aromatic rings. The summed E-state index contributed by atoms with van der Waals surface area (Å²) < 4.78 is 0. The molecule has 0 aliphatic rings. The Morgan fingerprint density at radius 1 is 1.18 bits per heavy atom. The summed E-state index contributed by atoms with van der Waals surface area (Å²) in [7, 11) is 0. The van der Waals surface area contributed by atoms with Gasteiger partial charge in [0.1, 0.15) is 0 Å². The summed E-state index contributed by atoms with van der Waals surface area (Å²) in [5.74, 6) is 1.00. The van der Waals surface area contributed by atoms with Gasteiger partial charge in [0.25, 0.3) is 0 Å². The monoisotopic (exact) mass is 156 g/mol. The number of hydrogen-bond acceptors (Lipinski definition) is 1. The molecule has 2 unspecified atom stereocenters. The molecule has 2 atom stereocenters. The molecule has 0 heterocycles. The third-order valence-corrected chi connectivity index (χ3v) is 1.85. The lowest BCUT2D eigenvalue weighted by atomic mass is 10.0. The summed E-state index contributed by atoms with van der Waals surface area (Å²) in [5.41, 5.74) is 0. The minimum atomic E-state index is -0.188. The van der Waals surface area contributed by atoms with Gasteiger partial charge < -0.3 is 5.11 Å². The van der Waals surface area contributed by atoms with Crippen molar-refractivity contribution >= 4 is 0 Å². The van der Waals surface area contributed by atoms with E-state index < -0.39 is 0 Å². The Morgan fingerprint density at radius 3 is 2.09 bits per heavy atom. The first kappa shape index (κ1) is 10.7. The Balaban J connectivity index is 3.53. The molecule has 0 bridgehead atoms. The van der Waals surface area contributed by atoms with Crippen molar-refractivity contribution in [3.63, 3.8) is 0 Å². The minimum absolute atomic E-state index is 0.188. The molecule has 0 aliphatic heterocycles.